The van der Waals surface area contributed by atoms with E-state index in [9.17, 15) is 63.0 Å². The van der Waals surface area contributed by atoms with E-state index in [1.54, 1.807) is 141 Å². The molecular weight excluding hydrogens is 1430 g/mol. The van der Waals surface area contributed by atoms with Crippen molar-refractivity contribution in [3.05, 3.63) is 35.9 Å². The summed E-state index contributed by atoms with van der Waals surface area (Å²) in [6, 6.07) is -0.272. The van der Waals surface area contributed by atoms with Gasteiger partial charge in [0.25, 0.3) is 0 Å². The second kappa shape index (κ2) is 47.0. The van der Waals surface area contributed by atoms with Crippen LogP contribution in [0.5, 0.6) is 0 Å². The van der Waals surface area contributed by atoms with Gasteiger partial charge in [0, 0.05) is 70.7 Å². The number of hydrogen-bond donors (Lipinski definition) is 13. The number of carbonyl (C=O) groups excluding carboxylic acids is 14. The van der Waals surface area contributed by atoms with Crippen molar-refractivity contribution in [3.63, 3.8) is 0 Å². The van der Waals surface area contributed by atoms with Crippen LogP contribution >= 0.6 is 0 Å². The Bertz CT molecular complexity index is 3170. The van der Waals surface area contributed by atoms with Crippen LogP contribution in [0.25, 0.3) is 0 Å². The molecule has 1 aliphatic rings. The lowest BCUT2D eigenvalue weighted by molar-refractivity contribution is -0.154. The van der Waals surface area contributed by atoms with E-state index in [1.165, 1.54) is 13.8 Å². The van der Waals surface area contributed by atoms with Crippen LogP contribution in [0.1, 0.15) is 227 Å². The van der Waals surface area contributed by atoms with Gasteiger partial charge in [-0.3, -0.25) is 47.9 Å². The molecular formula is C78H131N11O21. The number of unbranched alkanes of at least 4 members (excludes halogenated alkanes) is 2. The van der Waals surface area contributed by atoms with E-state index in [-0.39, 0.29) is 115 Å². The Balaban J connectivity index is 2.98. The number of carbonyl (C=O) groups is 14. The molecule has 0 radical (unpaired) electrons. The van der Waals surface area contributed by atoms with Crippen molar-refractivity contribution in [2.45, 2.75) is 299 Å². The topological polar surface area (TPSA) is 458 Å². The Kier molecular flexibility index (Phi) is 41.7. The third-order valence-corrected chi connectivity index (χ3v) is 17.5. The van der Waals surface area contributed by atoms with Crippen LogP contribution in [0, 0.1) is 29.1 Å². The number of Topliss-reactive ketones (excluding diaryl/α,β-unsaturated/α-hetero) is 3. The van der Waals surface area contributed by atoms with Gasteiger partial charge >= 0.3 is 30.3 Å². The van der Waals surface area contributed by atoms with Gasteiger partial charge in [-0.05, 0) is 199 Å². The van der Waals surface area contributed by atoms with E-state index in [1.807, 2.05) is 6.92 Å². The van der Waals surface area contributed by atoms with Crippen molar-refractivity contribution >= 4 is 83.1 Å². The summed E-state index contributed by atoms with van der Waals surface area (Å²) in [6.07, 6.45) is -7.35. The van der Waals surface area contributed by atoms with Crippen LogP contribution in [-0.2, 0) is 78.1 Å². The number of benzene rings is 1. The van der Waals surface area contributed by atoms with Crippen molar-refractivity contribution in [2.75, 3.05) is 45.9 Å². The molecule has 0 aromatic heterocycles. The van der Waals surface area contributed by atoms with Crippen molar-refractivity contribution in [2.24, 2.45) is 29.1 Å². The molecule has 1 fully saturated rings. The van der Waals surface area contributed by atoms with E-state index in [4.69, 9.17) is 23.7 Å². The quantitative estimate of drug-likeness (QED) is 0.0222. The predicted molar refractivity (Wildman–Crippen MR) is 410 cm³/mol. The highest BCUT2D eigenvalue weighted by Crippen LogP contribution is 2.24. The first-order valence-corrected chi connectivity index (χ1v) is 38.5. The van der Waals surface area contributed by atoms with E-state index in [2.05, 4.69) is 58.5 Å². The fourth-order valence-electron chi connectivity index (χ4n) is 11.2. The fraction of sp³-hybridized carbons (Fsp3) is 0.744. The zero-order valence-electron chi connectivity index (χ0n) is 68.5. The zero-order chi connectivity index (χ0) is 83.5. The number of ether oxygens (including phenoxy) is 5. The minimum atomic E-state index is -1.73. The maximum absolute atomic E-state index is 15.2. The third kappa shape index (κ3) is 41.5. The second-order valence-corrected chi connectivity index (χ2v) is 33.4. The average Bonchev–Trinajstić information content (AvgIpc) is 0.928. The Morgan fingerprint density at radius 3 is 1.57 bits per heavy atom. The lowest BCUT2D eigenvalue weighted by Gasteiger charge is -2.29. The maximum Gasteiger partial charge on any atom is 0.407 e. The van der Waals surface area contributed by atoms with Gasteiger partial charge in [-0.2, -0.15) is 0 Å². The molecule has 13 N–H and O–H groups in total. The van der Waals surface area contributed by atoms with E-state index < -0.39 is 185 Å². The minimum Gasteiger partial charge on any atom is -0.465 e. The van der Waals surface area contributed by atoms with Gasteiger partial charge in [0.1, 0.15) is 46.3 Å². The Hall–Kier alpha value is -8.52. The number of aliphatic hydroxyl groups excluding tert-OH is 2. The first-order valence-electron chi connectivity index (χ1n) is 38.5. The highest BCUT2D eigenvalue weighted by molar-refractivity contribution is 5.97. The van der Waals surface area contributed by atoms with Crippen LogP contribution in [0.3, 0.4) is 0 Å². The van der Waals surface area contributed by atoms with Crippen LogP contribution in [0.15, 0.2) is 30.3 Å². The second-order valence-electron chi connectivity index (χ2n) is 33.4. The summed E-state index contributed by atoms with van der Waals surface area (Å²) in [5.41, 5.74) is -3.81. The molecule has 110 heavy (non-hydrogen) atoms. The fourth-order valence-corrected chi connectivity index (χ4v) is 11.2. The molecule has 0 aliphatic carbocycles. The van der Waals surface area contributed by atoms with Gasteiger partial charge < -0.3 is 92.4 Å². The van der Waals surface area contributed by atoms with E-state index in [0.29, 0.717) is 31.2 Å². The van der Waals surface area contributed by atoms with Gasteiger partial charge in [-0.1, -0.05) is 51.1 Å². The number of ketones is 3. The number of alkyl carbamates (subject to hydrolysis) is 4. The number of nitrogens with one attached hydrogen (secondary N) is 11. The van der Waals surface area contributed by atoms with Gasteiger partial charge in [-0.15, -0.1) is 0 Å². The SMILES string of the molecule is CCC(C)(C)C(=O)OCCCCCC(=O)C[C@H](C(=O)N[C@@H](CCNC(=O)OC(C)(C)C)C(=O)C[C@H]1CCNC(=O)[C@H](C(C)O)NC(=O)[C@H](CCNC(=O)OC(C)(C)C)CC(=O)[C@H](CCNC(=O)OC(C)(C)C)NC(=O)[C@H](CC(C)C)NC(=O)[C@@H](Cc2ccccc2)NC(=O)[C@H](CCNC(=O)OC(C)(C)C)NC1)C(C)O. The lowest BCUT2D eigenvalue weighted by Crippen LogP contribution is -2.58. The van der Waals surface area contributed by atoms with Crippen LogP contribution in [-0.4, -0.2) is 210 Å². The largest absolute Gasteiger partial charge is 0.465 e. The zero-order valence-corrected chi connectivity index (χ0v) is 68.5. The molecule has 1 saturated heterocycles. The number of hydrogen-bond acceptors (Lipinski definition) is 22. The summed E-state index contributed by atoms with van der Waals surface area (Å²) in [4.78, 5) is 197. The molecule has 1 aromatic rings. The predicted octanol–water partition coefficient (Wildman–Crippen LogP) is 5.86. The number of rotatable bonds is 33. The number of amides is 10. The first kappa shape index (κ1) is 97.6. The van der Waals surface area contributed by atoms with Gasteiger partial charge in [0.05, 0.1) is 48.3 Å². The molecule has 32 nitrogen and oxygen atoms in total. The summed E-state index contributed by atoms with van der Waals surface area (Å²) < 4.78 is 27.2. The summed E-state index contributed by atoms with van der Waals surface area (Å²) >= 11 is 0. The summed E-state index contributed by atoms with van der Waals surface area (Å²) in [7, 11) is 0. The molecule has 1 aromatic carbocycles. The molecule has 0 spiro atoms. The molecule has 624 valence electrons. The molecule has 1 heterocycles. The summed E-state index contributed by atoms with van der Waals surface area (Å²) in [5.74, 6) is -11.4. The Labute approximate surface area is 649 Å². The summed E-state index contributed by atoms with van der Waals surface area (Å²) in [6.45, 7) is 29.8. The Morgan fingerprint density at radius 1 is 0.573 bits per heavy atom. The molecule has 0 bridgehead atoms. The molecule has 0 saturated carbocycles. The van der Waals surface area contributed by atoms with Crippen molar-refractivity contribution in [1.82, 2.24) is 58.5 Å². The van der Waals surface area contributed by atoms with E-state index >= 15 is 14.4 Å². The van der Waals surface area contributed by atoms with Crippen LogP contribution < -0.4 is 58.5 Å². The van der Waals surface area contributed by atoms with Crippen molar-refractivity contribution in [3.8, 4) is 0 Å². The molecule has 32 heteroatoms. The molecule has 10 amide bonds. The van der Waals surface area contributed by atoms with Gasteiger partial charge in [0.15, 0.2) is 11.6 Å². The van der Waals surface area contributed by atoms with Crippen LogP contribution in [0.2, 0.25) is 0 Å². The summed E-state index contributed by atoms with van der Waals surface area (Å²) in [5, 5.41) is 52.2. The monoisotopic (exact) mass is 1560 g/mol. The number of esters is 1. The van der Waals surface area contributed by atoms with Crippen molar-refractivity contribution in [1.29, 1.82) is 0 Å². The molecule has 11 atom stereocenters. The molecule has 2 rings (SSSR count). The smallest absolute Gasteiger partial charge is 0.407 e. The molecule has 2 unspecified atom stereocenters. The van der Waals surface area contributed by atoms with Crippen molar-refractivity contribution < 1.29 is 101 Å². The minimum absolute atomic E-state index is 0.0211. The molecule has 1 aliphatic heterocycles. The highest BCUT2D eigenvalue weighted by atomic mass is 16.6. The number of aliphatic hydroxyl groups is 2. The van der Waals surface area contributed by atoms with Gasteiger partial charge in [-0.25, -0.2) is 19.2 Å². The normalized spacial score (nSPS) is 20.4. The standard InChI is InChI=1S/C78H131N11O21/c1-20-78(18,19)69(101)106-40-26-22-25-29-53(92)45-54(48(4)90)64(96)85-55(32-37-81-71(103)108-75(9,10)11)60(93)43-51-30-35-79-68(100)62(49(5)91)89-63(95)52(31-36-80-70(102)107-74(6,7)8)44-61(94)56(33-38-82-72(104)109-76(12,13)14)86-66(98)58(41-47(2)3)87-67(99)59(42-50-27-23-21-24-28-50)88-65(97)57(84-46-51)34-39-83-73(105)110-77(15,16)17/h21,23-24,27-28,47-49,51-52,54-59,62,84,90-91H,20,22,25-26,29-46H2,1-19H3,(H,79,100)(H,80,102)(H,81,103)(H,82,104)(H,83,105)(H,85,96)(H,86,98)(H,87,99)(H,88,97)(H,89,95)/t48?,49?,51-,52-,54+,55+,56+,57+,58+,59-,62+/m1/s1. The Morgan fingerprint density at radius 2 is 1.06 bits per heavy atom. The maximum atomic E-state index is 15.2. The highest BCUT2D eigenvalue weighted by Gasteiger charge is 2.38. The van der Waals surface area contributed by atoms with E-state index in [0.717, 1.165) is 0 Å². The average molecular weight is 1560 g/mol. The first-order chi connectivity index (χ1) is 51.0. The lowest BCUT2D eigenvalue weighted by atomic mass is 9.91. The third-order valence-electron chi connectivity index (χ3n) is 17.5. The van der Waals surface area contributed by atoms with Gasteiger partial charge in [0.2, 0.25) is 35.4 Å². The van der Waals surface area contributed by atoms with Crippen LogP contribution in [0.4, 0.5) is 19.2 Å².